The molecule has 0 heterocycles. The van der Waals surface area contributed by atoms with Crippen LogP contribution in [0.1, 0.15) is 19.3 Å². The van der Waals surface area contributed by atoms with Crippen molar-refractivity contribution in [3.8, 4) is 0 Å². The van der Waals surface area contributed by atoms with E-state index in [4.69, 9.17) is 17.3 Å². The van der Waals surface area contributed by atoms with Crippen molar-refractivity contribution >= 4 is 34.4 Å². The summed E-state index contributed by atoms with van der Waals surface area (Å²) in [6.45, 7) is 0.472. The number of carbonyl (C=O) groups excluding carboxylic acids is 1. The lowest BCUT2D eigenvalue weighted by atomic mass is 10.1. The molecule has 0 aliphatic carbocycles. The second-order valence-electron chi connectivity index (χ2n) is 4.80. The van der Waals surface area contributed by atoms with Crippen LogP contribution in [0.4, 0.5) is 17.1 Å². The summed E-state index contributed by atoms with van der Waals surface area (Å²) in [5.74, 6) is -0.544. The number of carbonyl (C=O) groups is 1. The minimum Gasteiger partial charge on any atom is -0.370 e. The number of non-ortho nitro benzene ring substituents is 1. The van der Waals surface area contributed by atoms with E-state index in [1.54, 1.807) is 0 Å². The summed E-state index contributed by atoms with van der Waals surface area (Å²) < 4.78 is 0. The molecule has 9 nitrogen and oxygen atoms in total. The first-order chi connectivity index (χ1) is 10.9. The minimum absolute atomic E-state index is 0.0387. The second-order valence-corrected chi connectivity index (χ2v) is 5.06. The summed E-state index contributed by atoms with van der Waals surface area (Å²) in [5, 5.41) is 24.6. The SMILES string of the molecule is NCCCCC(Nc1ccc([N+](=O)[O-])cc1[N+](=O)[O-])C(=O)CCl. The predicted molar refractivity (Wildman–Crippen MR) is 85.8 cm³/mol. The number of benzene rings is 1. The van der Waals surface area contributed by atoms with Gasteiger partial charge in [0.1, 0.15) is 5.69 Å². The number of nitrogens with two attached hydrogens (primary N) is 1. The van der Waals surface area contributed by atoms with Gasteiger partial charge in [-0.15, -0.1) is 11.6 Å². The number of nitrogens with one attached hydrogen (secondary N) is 1. The number of nitrogens with zero attached hydrogens (tertiary/aromatic N) is 2. The second kappa shape index (κ2) is 9.01. The Balaban J connectivity index is 3.04. The molecule has 1 aromatic carbocycles. The first-order valence-corrected chi connectivity index (χ1v) is 7.42. The molecule has 1 aromatic rings. The number of nitro benzene ring substituents is 2. The van der Waals surface area contributed by atoms with Gasteiger partial charge in [0.2, 0.25) is 0 Å². The van der Waals surface area contributed by atoms with Crippen LogP contribution in [0.3, 0.4) is 0 Å². The van der Waals surface area contributed by atoms with Gasteiger partial charge in [-0.3, -0.25) is 25.0 Å². The number of hydrogen-bond donors (Lipinski definition) is 2. The summed E-state index contributed by atoms with van der Waals surface area (Å²) in [6.07, 6.45) is 1.77. The van der Waals surface area contributed by atoms with Gasteiger partial charge in [-0.05, 0) is 31.9 Å². The molecule has 0 saturated carbocycles. The maximum atomic E-state index is 11.9. The number of halogens is 1. The van der Waals surface area contributed by atoms with E-state index in [2.05, 4.69) is 5.32 Å². The average molecular weight is 345 g/mol. The first-order valence-electron chi connectivity index (χ1n) is 6.88. The highest BCUT2D eigenvalue weighted by atomic mass is 35.5. The Hall–Kier alpha value is -2.26. The van der Waals surface area contributed by atoms with Crippen LogP contribution >= 0.6 is 11.6 Å². The van der Waals surface area contributed by atoms with E-state index in [9.17, 15) is 25.0 Å². The highest BCUT2D eigenvalue weighted by Gasteiger charge is 2.24. The van der Waals surface area contributed by atoms with Gasteiger partial charge in [-0.2, -0.15) is 0 Å². The van der Waals surface area contributed by atoms with Crippen LogP contribution < -0.4 is 11.1 Å². The van der Waals surface area contributed by atoms with Crippen molar-refractivity contribution in [2.45, 2.75) is 25.3 Å². The number of rotatable bonds is 10. The molecule has 0 aliphatic rings. The van der Waals surface area contributed by atoms with Crippen molar-refractivity contribution in [1.29, 1.82) is 0 Å². The van der Waals surface area contributed by atoms with Crippen molar-refractivity contribution in [2.75, 3.05) is 17.7 Å². The van der Waals surface area contributed by atoms with E-state index >= 15 is 0 Å². The quantitative estimate of drug-likeness (QED) is 0.287. The highest BCUT2D eigenvalue weighted by molar-refractivity contribution is 6.28. The molecule has 0 radical (unpaired) electrons. The largest absolute Gasteiger partial charge is 0.370 e. The maximum absolute atomic E-state index is 11.9. The van der Waals surface area contributed by atoms with Crippen LogP contribution in [-0.4, -0.2) is 34.1 Å². The monoisotopic (exact) mass is 344 g/mol. The van der Waals surface area contributed by atoms with Crippen molar-refractivity contribution in [2.24, 2.45) is 5.73 Å². The Morgan fingerprint density at radius 2 is 1.96 bits per heavy atom. The molecule has 10 heteroatoms. The van der Waals surface area contributed by atoms with Gasteiger partial charge in [-0.1, -0.05) is 0 Å². The van der Waals surface area contributed by atoms with Gasteiger partial charge in [0.15, 0.2) is 5.78 Å². The number of hydrogen-bond acceptors (Lipinski definition) is 7. The molecule has 3 N–H and O–H groups in total. The lowest BCUT2D eigenvalue weighted by Gasteiger charge is -2.17. The van der Waals surface area contributed by atoms with E-state index < -0.39 is 27.3 Å². The van der Waals surface area contributed by atoms with Gasteiger partial charge in [0.25, 0.3) is 11.4 Å². The van der Waals surface area contributed by atoms with Crippen molar-refractivity contribution < 1.29 is 14.6 Å². The van der Waals surface area contributed by atoms with Crippen molar-refractivity contribution in [3.05, 3.63) is 38.4 Å². The average Bonchev–Trinajstić information content (AvgIpc) is 2.53. The van der Waals surface area contributed by atoms with Crippen molar-refractivity contribution in [3.63, 3.8) is 0 Å². The smallest absolute Gasteiger partial charge is 0.299 e. The Morgan fingerprint density at radius 1 is 1.26 bits per heavy atom. The molecule has 0 bridgehead atoms. The number of nitro groups is 2. The first kappa shape index (κ1) is 18.8. The van der Waals surface area contributed by atoms with Gasteiger partial charge in [0, 0.05) is 6.07 Å². The summed E-state index contributed by atoms with van der Waals surface area (Å²) in [5.41, 5.74) is 4.57. The summed E-state index contributed by atoms with van der Waals surface area (Å²) in [7, 11) is 0. The van der Waals surface area contributed by atoms with Crippen LogP contribution in [0.15, 0.2) is 18.2 Å². The number of alkyl halides is 1. The molecule has 1 atom stereocenters. The molecule has 1 unspecified atom stereocenters. The number of anilines is 1. The van der Waals surface area contributed by atoms with E-state index in [0.29, 0.717) is 25.8 Å². The fourth-order valence-electron chi connectivity index (χ4n) is 1.99. The lowest BCUT2D eigenvalue weighted by molar-refractivity contribution is -0.393. The van der Waals surface area contributed by atoms with Crippen LogP contribution in [0.2, 0.25) is 0 Å². The molecule has 0 saturated heterocycles. The molecule has 0 aromatic heterocycles. The molecule has 1 rings (SSSR count). The molecule has 23 heavy (non-hydrogen) atoms. The fourth-order valence-corrected chi connectivity index (χ4v) is 2.18. The van der Waals surface area contributed by atoms with Crippen LogP contribution in [0.5, 0.6) is 0 Å². The summed E-state index contributed by atoms with van der Waals surface area (Å²) in [6, 6.07) is 2.49. The summed E-state index contributed by atoms with van der Waals surface area (Å²) in [4.78, 5) is 32.2. The van der Waals surface area contributed by atoms with Crippen LogP contribution in [0, 0.1) is 20.2 Å². The molecule has 0 fully saturated rings. The Labute approximate surface area is 137 Å². The Kier molecular flexibility index (Phi) is 7.36. The van der Waals surface area contributed by atoms with Gasteiger partial charge in [0.05, 0.1) is 27.8 Å². The predicted octanol–water partition coefficient (Wildman–Crippen LogP) is 2.22. The zero-order valence-corrected chi connectivity index (χ0v) is 13.0. The van der Waals surface area contributed by atoms with E-state index in [-0.39, 0.29) is 17.4 Å². The third-order valence-electron chi connectivity index (χ3n) is 3.19. The van der Waals surface area contributed by atoms with Gasteiger partial charge in [-0.25, -0.2) is 0 Å². The zero-order valence-electron chi connectivity index (χ0n) is 12.2. The highest BCUT2D eigenvalue weighted by Crippen LogP contribution is 2.30. The maximum Gasteiger partial charge on any atom is 0.299 e. The van der Waals surface area contributed by atoms with Crippen LogP contribution in [0.25, 0.3) is 0 Å². The van der Waals surface area contributed by atoms with E-state index in [1.807, 2.05) is 0 Å². The third-order valence-corrected chi connectivity index (χ3v) is 3.45. The molecule has 0 aliphatic heterocycles. The van der Waals surface area contributed by atoms with E-state index in [1.165, 1.54) is 6.07 Å². The van der Waals surface area contributed by atoms with Gasteiger partial charge < -0.3 is 11.1 Å². The molecular weight excluding hydrogens is 328 g/mol. The number of unbranched alkanes of at least 4 members (excludes halogenated alkanes) is 1. The molecule has 0 amide bonds. The fraction of sp³-hybridized carbons (Fsp3) is 0.462. The third kappa shape index (κ3) is 5.46. The van der Waals surface area contributed by atoms with Crippen molar-refractivity contribution in [1.82, 2.24) is 0 Å². The van der Waals surface area contributed by atoms with Gasteiger partial charge >= 0.3 is 0 Å². The minimum atomic E-state index is -0.739. The zero-order chi connectivity index (χ0) is 17.4. The van der Waals surface area contributed by atoms with E-state index in [0.717, 1.165) is 12.1 Å². The Bertz CT molecular complexity index is 596. The number of Topliss-reactive ketones (excluding diaryl/α,β-unsaturated/α-hetero) is 1. The summed E-state index contributed by atoms with van der Waals surface area (Å²) >= 11 is 5.56. The molecule has 126 valence electrons. The molecular formula is C13H17ClN4O5. The topological polar surface area (TPSA) is 141 Å². The normalized spacial score (nSPS) is 11.7. The number of ketones is 1. The van der Waals surface area contributed by atoms with Crippen LogP contribution in [-0.2, 0) is 4.79 Å². The molecule has 0 spiro atoms. The Morgan fingerprint density at radius 3 is 2.48 bits per heavy atom. The standard InChI is InChI=1S/C13H17ClN4O5/c14-8-13(19)11(3-1-2-6-15)16-10-5-4-9(17(20)21)7-12(10)18(22)23/h4-5,7,11,16H,1-3,6,8,15H2. The lowest BCUT2D eigenvalue weighted by Crippen LogP contribution is -2.31.